The number of benzene rings is 1. The average Bonchev–Trinajstić information content (AvgIpc) is 2.91. The predicted molar refractivity (Wildman–Crippen MR) is 93.8 cm³/mol. The van der Waals surface area contributed by atoms with Gasteiger partial charge < -0.3 is 20.3 Å². The molecule has 0 saturated carbocycles. The van der Waals surface area contributed by atoms with Gasteiger partial charge in [-0.15, -0.1) is 0 Å². The number of carbonyl (C=O) groups is 1. The second-order valence-corrected chi connectivity index (χ2v) is 6.34. The Bertz CT molecular complexity index is 899. The zero-order valence-electron chi connectivity index (χ0n) is 14.8. The lowest BCUT2D eigenvalue weighted by molar-refractivity contribution is -0.0355. The van der Waals surface area contributed by atoms with Crippen molar-refractivity contribution in [1.82, 2.24) is 9.55 Å². The number of aryl methyl sites for hydroxylation is 1. The van der Waals surface area contributed by atoms with E-state index in [1.807, 2.05) is 6.92 Å². The quantitative estimate of drug-likeness (QED) is 0.728. The Morgan fingerprint density at radius 2 is 1.96 bits per heavy atom. The third kappa shape index (κ3) is 3.75. The molecule has 1 amide bonds. The summed E-state index contributed by atoms with van der Waals surface area (Å²) in [6, 6.07) is 6.75. The number of halogens is 1. The molecule has 0 unspecified atom stereocenters. The topological polar surface area (TPSA) is 114 Å². The molecule has 0 spiro atoms. The average molecular weight is 377 g/mol. The fraction of sp³-hybridized carbons (Fsp3) is 0.389. The largest absolute Gasteiger partial charge is 0.388 e. The van der Waals surface area contributed by atoms with Crippen LogP contribution in [-0.2, 0) is 11.2 Å². The first-order chi connectivity index (χ1) is 12.8. The lowest BCUT2D eigenvalue weighted by atomic mass is 10.1. The number of ether oxygens (including phenoxy) is 1. The van der Waals surface area contributed by atoms with Gasteiger partial charge >= 0.3 is 5.69 Å². The summed E-state index contributed by atoms with van der Waals surface area (Å²) in [6.45, 7) is 3.50. The number of anilines is 1. The van der Waals surface area contributed by atoms with Gasteiger partial charge in [-0.25, -0.2) is 9.18 Å². The van der Waals surface area contributed by atoms with Crippen LogP contribution in [0.25, 0.3) is 0 Å². The Morgan fingerprint density at radius 1 is 1.30 bits per heavy atom. The van der Waals surface area contributed by atoms with E-state index in [1.54, 1.807) is 24.3 Å². The van der Waals surface area contributed by atoms with Crippen LogP contribution >= 0.6 is 0 Å². The molecule has 3 N–H and O–H groups in total. The number of rotatable bonds is 4. The smallest absolute Gasteiger partial charge is 0.351 e. The van der Waals surface area contributed by atoms with Crippen LogP contribution < -0.4 is 11.0 Å². The van der Waals surface area contributed by atoms with Crippen LogP contribution in [0.4, 0.5) is 10.2 Å². The summed E-state index contributed by atoms with van der Waals surface area (Å²) in [4.78, 5) is 28.0. The zero-order valence-corrected chi connectivity index (χ0v) is 14.8. The van der Waals surface area contributed by atoms with Gasteiger partial charge in [0.1, 0.15) is 12.2 Å². The summed E-state index contributed by atoms with van der Waals surface area (Å²) < 4.78 is 20.4. The molecule has 144 valence electrons. The fourth-order valence-corrected chi connectivity index (χ4v) is 2.84. The van der Waals surface area contributed by atoms with Crippen molar-refractivity contribution in [3.63, 3.8) is 0 Å². The molecule has 8 nitrogen and oxygen atoms in total. The van der Waals surface area contributed by atoms with E-state index < -0.39 is 47.8 Å². The molecule has 1 aliphatic heterocycles. The molecule has 9 heteroatoms. The van der Waals surface area contributed by atoms with E-state index >= 15 is 0 Å². The van der Waals surface area contributed by atoms with Gasteiger partial charge in [0.05, 0.1) is 12.3 Å². The van der Waals surface area contributed by atoms with E-state index in [4.69, 9.17) is 4.74 Å². The molecule has 4 atom stereocenters. The number of aromatic nitrogens is 2. The van der Waals surface area contributed by atoms with Crippen molar-refractivity contribution >= 4 is 11.7 Å². The number of nitrogens with zero attached hydrogens (tertiary/aromatic N) is 2. The molecule has 1 aromatic heterocycles. The monoisotopic (exact) mass is 377 g/mol. The van der Waals surface area contributed by atoms with Crippen molar-refractivity contribution in [2.24, 2.45) is 0 Å². The summed E-state index contributed by atoms with van der Waals surface area (Å²) in [6.07, 6.45) is -3.02. The van der Waals surface area contributed by atoms with Gasteiger partial charge in [0, 0.05) is 5.56 Å². The summed E-state index contributed by atoms with van der Waals surface area (Å²) >= 11 is 0. The molecule has 0 aliphatic carbocycles. The van der Waals surface area contributed by atoms with Crippen LogP contribution in [0.5, 0.6) is 0 Å². The molecule has 1 aromatic carbocycles. The van der Waals surface area contributed by atoms with Crippen LogP contribution in [0.1, 0.15) is 36.0 Å². The van der Waals surface area contributed by atoms with Crippen LogP contribution in [-0.4, -0.2) is 44.0 Å². The fourth-order valence-electron chi connectivity index (χ4n) is 2.84. The highest BCUT2D eigenvalue weighted by Crippen LogP contribution is 2.28. The molecule has 1 fully saturated rings. The predicted octanol–water partition coefficient (Wildman–Crippen LogP) is 0.836. The molecule has 1 saturated heterocycles. The minimum absolute atomic E-state index is 0.295. The van der Waals surface area contributed by atoms with Gasteiger partial charge in [-0.05, 0) is 31.0 Å². The van der Waals surface area contributed by atoms with E-state index in [9.17, 15) is 24.2 Å². The van der Waals surface area contributed by atoms with Crippen molar-refractivity contribution in [2.45, 2.75) is 44.8 Å². The minimum atomic E-state index is -1.41. The lowest BCUT2D eigenvalue weighted by Gasteiger charge is -2.17. The van der Waals surface area contributed by atoms with Crippen LogP contribution in [0.2, 0.25) is 0 Å². The number of hydrogen-bond donors (Lipinski definition) is 3. The van der Waals surface area contributed by atoms with Crippen LogP contribution in [0, 0.1) is 5.82 Å². The van der Waals surface area contributed by atoms with Crippen molar-refractivity contribution < 1.29 is 24.1 Å². The molecule has 0 bridgehead atoms. The van der Waals surface area contributed by atoms with Gasteiger partial charge in [0.15, 0.2) is 17.9 Å². The van der Waals surface area contributed by atoms with Crippen LogP contribution in [0.3, 0.4) is 0 Å². The number of nitrogens with one attached hydrogen (secondary N) is 1. The molecule has 0 radical (unpaired) electrons. The SMILES string of the molecule is CCc1ccc(C(=O)Nc2nc(=O)n([C@@H]3O[C@H](C)[C@@H](O)[C@H]3O)cc2F)cc1. The number of amides is 1. The third-order valence-electron chi connectivity index (χ3n) is 4.51. The standard InChI is InChI=1S/C18H20FN3O5/c1-3-10-4-6-11(7-5-10)16(25)20-15-12(19)8-22(18(26)21-15)17-14(24)13(23)9(2)27-17/h4-9,13-14,17,23-24H,3H2,1-2H3,(H,20,21,25,26)/t9-,13-,14-,17-/m1/s1. The maximum atomic E-state index is 14.4. The third-order valence-corrected chi connectivity index (χ3v) is 4.51. The number of hydrogen-bond acceptors (Lipinski definition) is 6. The Morgan fingerprint density at radius 3 is 2.52 bits per heavy atom. The van der Waals surface area contributed by atoms with Gasteiger partial charge in [0.2, 0.25) is 0 Å². The molecule has 1 aliphatic rings. The number of aliphatic hydroxyl groups excluding tert-OH is 2. The first-order valence-electron chi connectivity index (χ1n) is 8.52. The lowest BCUT2D eigenvalue weighted by Crippen LogP contribution is -2.36. The highest BCUT2D eigenvalue weighted by atomic mass is 19.1. The number of aliphatic hydroxyl groups is 2. The van der Waals surface area contributed by atoms with E-state index in [-0.39, 0.29) is 0 Å². The first-order valence-corrected chi connectivity index (χ1v) is 8.52. The highest BCUT2D eigenvalue weighted by molar-refractivity contribution is 6.03. The Kier molecular flexibility index (Phi) is 5.36. The van der Waals surface area contributed by atoms with Crippen molar-refractivity contribution in [3.8, 4) is 0 Å². The minimum Gasteiger partial charge on any atom is -0.388 e. The van der Waals surface area contributed by atoms with Crippen LogP contribution in [0.15, 0.2) is 35.3 Å². The summed E-state index contributed by atoms with van der Waals surface area (Å²) in [7, 11) is 0. The van der Waals surface area contributed by atoms with Gasteiger partial charge in [-0.1, -0.05) is 19.1 Å². The van der Waals surface area contributed by atoms with Crippen molar-refractivity contribution in [3.05, 3.63) is 57.9 Å². The van der Waals surface area contributed by atoms with E-state index in [0.29, 0.717) is 5.56 Å². The molecular weight excluding hydrogens is 357 g/mol. The summed E-state index contributed by atoms with van der Waals surface area (Å²) in [5.41, 5.74) is 0.410. The Hall–Kier alpha value is -2.62. The van der Waals surface area contributed by atoms with Gasteiger partial charge in [-0.2, -0.15) is 4.98 Å². The zero-order chi connectivity index (χ0) is 19.7. The second kappa shape index (κ2) is 7.55. The molecule has 3 rings (SSSR count). The van der Waals surface area contributed by atoms with E-state index in [2.05, 4.69) is 10.3 Å². The molecule has 2 aromatic rings. The maximum absolute atomic E-state index is 14.4. The molecular formula is C18H20FN3O5. The Labute approximate surface area is 154 Å². The van der Waals surface area contributed by atoms with Gasteiger partial charge in [0.25, 0.3) is 5.91 Å². The normalized spacial score (nSPS) is 24.8. The first kappa shape index (κ1) is 19.2. The van der Waals surface area contributed by atoms with Gasteiger partial charge in [-0.3, -0.25) is 9.36 Å². The van der Waals surface area contributed by atoms with E-state index in [0.717, 1.165) is 22.7 Å². The second-order valence-electron chi connectivity index (χ2n) is 6.34. The van der Waals surface area contributed by atoms with Crippen molar-refractivity contribution in [1.29, 1.82) is 0 Å². The van der Waals surface area contributed by atoms with Crippen molar-refractivity contribution in [2.75, 3.05) is 5.32 Å². The summed E-state index contributed by atoms with van der Waals surface area (Å²) in [5, 5.41) is 21.9. The maximum Gasteiger partial charge on any atom is 0.351 e. The van der Waals surface area contributed by atoms with E-state index in [1.165, 1.54) is 6.92 Å². The molecule has 27 heavy (non-hydrogen) atoms. The summed E-state index contributed by atoms with van der Waals surface area (Å²) in [5.74, 6) is -2.11. The highest BCUT2D eigenvalue weighted by Gasteiger charge is 2.42. The molecule has 2 heterocycles. The Balaban J connectivity index is 1.82. The number of carbonyl (C=O) groups excluding carboxylic acids is 1.